The van der Waals surface area contributed by atoms with Gasteiger partial charge in [-0.25, -0.2) is 8.78 Å². The van der Waals surface area contributed by atoms with Gasteiger partial charge in [0.25, 0.3) is 6.43 Å². The molecule has 11 heavy (non-hydrogen) atoms. The van der Waals surface area contributed by atoms with Crippen LogP contribution in [0.3, 0.4) is 0 Å². The molecule has 0 spiro atoms. The zero-order valence-electron chi connectivity index (χ0n) is 6.26. The molecule has 0 amide bonds. The molecule has 1 aliphatic rings. The van der Waals surface area contributed by atoms with Gasteiger partial charge in [0.2, 0.25) is 0 Å². The average Bonchev–Trinajstić information content (AvgIpc) is 1.95. The van der Waals surface area contributed by atoms with Crippen LogP contribution in [-0.2, 0) is 0 Å². The average molecular weight is 165 g/mol. The molecule has 0 aromatic carbocycles. The predicted octanol–water partition coefficient (Wildman–Crippen LogP) is 0.884. The summed E-state index contributed by atoms with van der Waals surface area (Å²) in [5, 5.41) is 9.26. The van der Waals surface area contributed by atoms with Crippen molar-refractivity contribution in [1.29, 1.82) is 0 Å². The standard InChI is InChI=1S/C7H13F2NO/c8-6(9)7(11)3-1-5(10)2-4-7/h5-6,11H,1-4,10H2/t5-,7-. The van der Waals surface area contributed by atoms with E-state index < -0.39 is 12.0 Å². The highest BCUT2D eigenvalue weighted by atomic mass is 19.3. The Labute approximate surface area is 64.4 Å². The molecule has 1 aliphatic carbocycles. The van der Waals surface area contributed by atoms with Gasteiger partial charge in [0, 0.05) is 6.04 Å². The van der Waals surface area contributed by atoms with E-state index >= 15 is 0 Å². The van der Waals surface area contributed by atoms with Crippen molar-refractivity contribution in [3.05, 3.63) is 0 Å². The number of nitrogens with two attached hydrogens (primary N) is 1. The highest BCUT2D eigenvalue weighted by Gasteiger charge is 2.40. The first-order valence-electron chi connectivity index (χ1n) is 3.81. The lowest BCUT2D eigenvalue weighted by molar-refractivity contribution is -0.118. The number of halogens is 2. The van der Waals surface area contributed by atoms with Crippen LogP contribution >= 0.6 is 0 Å². The van der Waals surface area contributed by atoms with Crippen molar-refractivity contribution in [3.8, 4) is 0 Å². The molecule has 3 N–H and O–H groups in total. The Morgan fingerprint density at radius 2 is 1.82 bits per heavy atom. The molecule has 1 saturated carbocycles. The molecule has 0 heterocycles. The minimum atomic E-state index is -2.63. The van der Waals surface area contributed by atoms with Gasteiger partial charge in [0.05, 0.1) is 0 Å². The van der Waals surface area contributed by atoms with Gasteiger partial charge in [0.1, 0.15) is 5.60 Å². The molecular formula is C7H13F2NO. The lowest BCUT2D eigenvalue weighted by Gasteiger charge is -2.33. The minimum Gasteiger partial charge on any atom is -0.384 e. The van der Waals surface area contributed by atoms with Crippen LogP contribution in [0.2, 0.25) is 0 Å². The fraction of sp³-hybridized carbons (Fsp3) is 1.00. The quantitative estimate of drug-likeness (QED) is 0.606. The van der Waals surface area contributed by atoms with Crippen molar-refractivity contribution < 1.29 is 13.9 Å². The van der Waals surface area contributed by atoms with Gasteiger partial charge in [-0.3, -0.25) is 0 Å². The molecule has 66 valence electrons. The molecule has 0 unspecified atom stereocenters. The van der Waals surface area contributed by atoms with Crippen LogP contribution in [0.25, 0.3) is 0 Å². The normalized spacial score (nSPS) is 39.5. The zero-order chi connectivity index (χ0) is 8.48. The van der Waals surface area contributed by atoms with Crippen molar-refractivity contribution in [2.75, 3.05) is 0 Å². The Bertz CT molecular complexity index is 132. The third kappa shape index (κ3) is 1.87. The number of aliphatic hydroxyl groups is 1. The van der Waals surface area contributed by atoms with E-state index in [2.05, 4.69) is 0 Å². The molecule has 0 bridgehead atoms. The molecule has 1 rings (SSSR count). The molecule has 1 fully saturated rings. The maximum atomic E-state index is 12.1. The highest BCUT2D eigenvalue weighted by Crippen LogP contribution is 2.32. The van der Waals surface area contributed by atoms with Gasteiger partial charge < -0.3 is 10.8 Å². The van der Waals surface area contributed by atoms with Crippen LogP contribution < -0.4 is 5.73 Å². The smallest absolute Gasteiger partial charge is 0.266 e. The van der Waals surface area contributed by atoms with Crippen molar-refractivity contribution >= 4 is 0 Å². The van der Waals surface area contributed by atoms with Crippen LogP contribution in [0.4, 0.5) is 8.78 Å². The lowest BCUT2D eigenvalue weighted by Crippen LogP contribution is -2.44. The Morgan fingerprint density at radius 3 is 2.18 bits per heavy atom. The Kier molecular flexibility index (Phi) is 2.44. The van der Waals surface area contributed by atoms with E-state index in [1.807, 2.05) is 0 Å². The fourth-order valence-corrected chi connectivity index (χ4v) is 1.36. The molecule has 0 saturated heterocycles. The topological polar surface area (TPSA) is 46.2 Å². The summed E-state index contributed by atoms with van der Waals surface area (Å²) in [5.41, 5.74) is 3.75. The zero-order valence-corrected chi connectivity index (χ0v) is 6.26. The summed E-state index contributed by atoms with van der Waals surface area (Å²) in [4.78, 5) is 0. The second-order valence-corrected chi connectivity index (χ2v) is 3.24. The molecule has 4 heteroatoms. The molecule has 0 radical (unpaired) electrons. The summed E-state index contributed by atoms with van der Waals surface area (Å²) in [5.74, 6) is 0. The van der Waals surface area contributed by atoms with Gasteiger partial charge >= 0.3 is 0 Å². The van der Waals surface area contributed by atoms with E-state index in [0.717, 1.165) is 0 Å². The van der Waals surface area contributed by atoms with Gasteiger partial charge in [0.15, 0.2) is 0 Å². The van der Waals surface area contributed by atoms with Crippen LogP contribution in [0.5, 0.6) is 0 Å². The second-order valence-electron chi connectivity index (χ2n) is 3.24. The third-order valence-electron chi connectivity index (χ3n) is 2.30. The molecule has 0 aliphatic heterocycles. The SMILES string of the molecule is N[C@H]1CC[C@@](O)(C(F)F)CC1. The Hall–Kier alpha value is -0.220. The summed E-state index contributed by atoms with van der Waals surface area (Å²) in [6, 6.07) is -0.00553. The summed E-state index contributed by atoms with van der Waals surface area (Å²) < 4.78 is 24.3. The minimum absolute atomic E-state index is 0.00553. The molecular weight excluding hydrogens is 152 g/mol. The van der Waals surface area contributed by atoms with Crippen LogP contribution in [0.15, 0.2) is 0 Å². The van der Waals surface area contributed by atoms with Crippen molar-refractivity contribution in [2.45, 2.75) is 43.8 Å². The number of hydrogen-bond donors (Lipinski definition) is 2. The summed E-state index contributed by atoms with van der Waals surface area (Å²) in [6.45, 7) is 0. The monoisotopic (exact) mass is 165 g/mol. The van der Waals surface area contributed by atoms with E-state index in [1.54, 1.807) is 0 Å². The first kappa shape index (κ1) is 8.87. The highest BCUT2D eigenvalue weighted by molar-refractivity contribution is 4.88. The molecule has 0 aromatic rings. The van der Waals surface area contributed by atoms with Crippen LogP contribution in [0, 0.1) is 0 Å². The maximum absolute atomic E-state index is 12.1. The van der Waals surface area contributed by atoms with E-state index in [-0.39, 0.29) is 18.9 Å². The van der Waals surface area contributed by atoms with Crippen LogP contribution in [0.1, 0.15) is 25.7 Å². The third-order valence-corrected chi connectivity index (χ3v) is 2.30. The molecule has 2 nitrogen and oxygen atoms in total. The number of rotatable bonds is 1. The van der Waals surface area contributed by atoms with Crippen LogP contribution in [-0.4, -0.2) is 23.2 Å². The van der Waals surface area contributed by atoms with E-state index in [1.165, 1.54) is 0 Å². The van der Waals surface area contributed by atoms with Crippen molar-refractivity contribution in [2.24, 2.45) is 5.73 Å². The van der Waals surface area contributed by atoms with E-state index in [9.17, 15) is 13.9 Å². The van der Waals surface area contributed by atoms with Gasteiger partial charge in [-0.15, -0.1) is 0 Å². The van der Waals surface area contributed by atoms with Gasteiger partial charge in [-0.05, 0) is 25.7 Å². The van der Waals surface area contributed by atoms with E-state index in [0.29, 0.717) is 12.8 Å². The Morgan fingerprint density at radius 1 is 1.36 bits per heavy atom. The van der Waals surface area contributed by atoms with Crippen molar-refractivity contribution in [1.82, 2.24) is 0 Å². The first-order valence-corrected chi connectivity index (χ1v) is 3.81. The number of alkyl halides is 2. The Balaban J connectivity index is 2.48. The predicted molar refractivity (Wildman–Crippen MR) is 37.4 cm³/mol. The summed E-state index contributed by atoms with van der Waals surface area (Å²) >= 11 is 0. The first-order chi connectivity index (χ1) is 5.04. The van der Waals surface area contributed by atoms with E-state index in [4.69, 9.17) is 5.73 Å². The lowest BCUT2D eigenvalue weighted by atomic mass is 9.83. The van der Waals surface area contributed by atoms with Gasteiger partial charge in [-0.2, -0.15) is 0 Å². The largest absolute Gasteiger partial charge is 0.384 e. The van der Waals surface area contributed by atoms with Crippen molar-refractivity contribution in [3.63, 3.8) is 0 Å². The fourth-order valence-electron chi connectivity index (χ4n) is 1.36. The molecule has 0 aromatic heterocycles. The maximum Gasteiger partial charge on any atom is 0.266 e. The summed E-state index contributed by atoms with van der Waals surface area (Å²) in [7, 11) is 0. The second kappa shape index (κ2) is 3.03. The molecule has 0 atom stereocenters. The number of hydrogen-bond acceptors (Lipinski definition) is 2. The van der Waals surface area contributed by atoms with Gasteiger partial charge in [-0.1, -0.05) is 0 Å². The summed E-state index contributed by atoms with van der Waals surface area (Å²) in [6.07, 6.45) is -1.37.